The second-order valence-corrected chi connectivity index (χ2v) is 5.11. The van der Waals surface area contributed by atoms with Crippen LogP contribution < -0.4 is 10.6 Å². The molecule has 0 spiro atoms. The van der Waals surface area contributed by atoms with Crippen molar-refractivity contribution in [3.8, 4) is 0 Å². The molecule has 0 rings (SSSR count). The molecule has 8 heteroatoms. The van der Waals surface area contributed by atoms with Crippen LogP contribution in [0.3, 0.4) is 0 Å². The lowest BCUT2D eigenvalue weighted by molar-refractivity contribution is -0.137. The van der Waals surface area contributed by atoms with Crippen molar-refractivity contribution >= 4 is 37.9 Å². The van der Waals surface area contributed by atoms with Crippen molar-refractivity contribution in [2.45, 2.75) is 26.4 Å². The number of hydrogen-bond acceptors (Lipinski definition) is 5. The van der Waals surface area contributed by atoms with E-state index in [0.29, 0.717) is 12.3 Å². The highest BCUT2D eigenvalue weighted by atomic mass is 32.1. The molecule has 0 aromatic carbocycles. The fraction of sp³-hybridized carbons (Fsp3) is 0.818. The van der Waals surface area contributed by atoms with Crippen molar-refractivity contribution in [2.24, 2.45) is 5.41 Å². The number of nitrogens with one attached hydrogen (secondary N) is 2. The Morgan fingerprint density at radius 2 is 1.84 bits per heavy atom. The van der Waals surface area contributed by atoms with E-state index < -0.39 is 17.4 Å². The molecule has 0 aliphatic rings. The fourth-order valence-corrected chi connectivity index (χ4v) is 1.23. The highest BCUT2D eigenvalue weighted by Crippen LogP contribution is 2.19. The Hall–Kier alpha value is -0.440. The lowest BCUT2D eigenvalue weighted by Crippen LogP contribution is -2.46. The third kappa shape index (κ3) is 8.35. The molecule has 1 unspecified atom stereocenters. The van der Waals surface area contributed by atoms with Crippen LogP contribution in [0, 0.1) is 5.41 Å². The van der Waals surface area contributed by atoms with Gasteiger partial charge in [0.25, 0.3) is 0 Å². The fourth-order valence-electron chi connectivity index (χ4n) is 1.12. The molecule has 4 N–H and O–H groups in total. The van der Waals surface area contributed by atoms with Gasteiger partial charge in [-0.2, -0.15) is 26.1 Å². The van der Waals surface area contributed by atoms with Gasteiger partial charge in [0, 0.05) is 30.7 Å². The van der Waals surface area contributed by atoms with Crippen LogP contribution in [0.1, 0.15) is 20.3 Å². The van der Waals surface area contributed by atoms with Gasteiger partial charge in [0.15, 0.2) is 0 Å². The van der Waals surface area contributed by atoms with Crippen LogP contribution in [0.15, 0.2) is 0 Å². The molecule has 0 bridgehead atoms. The Bertz CT molecular complexity index is 288. The van der Waals surface area contributed by atoms with E-state index >= 15 is 0 Å². The molecular formula is C11H24N2O4S2. The molecule has 0 aromatic rings. The molecule has 0 saturated carbocycles. The molecule has 114 valence electrons. The molecular weight excluding hydrogens is 288 g/mol. The van der Waals surface area contributed by atoms with Crippen LogP contribution in [0.5, 0.6) is 0 Å². The number of rotatable bonds is 8. The van der Waals surface area contributed by atoms with Gasteiger partial charge in [0.1, 0.15) is 6.10 Å². The zero-order valence-electron chi connectivity index (χ0n) is 11.3. The first-order chi connectivity index (χ1) is 8.35. The van der Waals surface area contributed by atoms with E-state index in [1.165, 1.54) is 0 Å². The zero-order chi connectivity index (χ0) is 14.2. The van der Waals surface area contributed by atoms with Gasteiger partial charge < -0.3 is 20.8 Å². The molecule has 0 aliphatic carbocycles. The summed E-state index contributed by atoms with van der Waals surface area (Å²) in [5.74, 6) is -0.210. The second kappa shape index (κ2) is 10.4. The number of carbonyl (C=O) groups excluding carboxylic acids is 2. The lowest BCUT2D eigenvalue weighted by atomic mass is 9.87. The van der Waals surface area contributed by atoms with Crippen LogP contribution in [-0.4, -0.2) is 53.6 Å². The third-order valence-corrected chi connectivity index (χ3v) is 2.70. The van der Waals surface area contributed by atoms with Crippen molar-refractivity contribution in [3.05, 3.63) is 0 Å². The Morgan fingerprint density at radius 1 is 1.26 bits per heavy atom. The molecule has 0 radical (unpaired) electrons. The summed E-state index contributed by atoms with van der Waals surface area (Å²) in [5.41, 5.74) is -0.904. The Kier molecular flexibility index (Phi) is 11.4. The first-order valence-corrected chi connectivity index (χ1v) is 6.42. The van der Waals surface area contributed by atoms with Gasteiger partial charge in [0.2, 0.25) is 11.8 Å². The summed E-state index contributed by atoms with van der Waals surface area (Å²) < 4.78 is 0. The Labute approximate surface area is 126 Å². The summed E-state index contributed by atoms with van der Waals surface area (Å²) in [6, 6.07) is 0. The molecule has 2 amide bonds. The molecule has 0 aliphatic heterocycles. The second-order valence-electron chi connectivity index (χ2n) is 4.66. The van der Waals surface area contributed by atoms with E-state index in [1.54, 1.807) is 13.8 Å². The number of aliphatic hydroxyl groups excluding tert-OH is 2. The number of amides is 2. The highest BCUT2D eigenvalue weighted by Gasteiger charge is 2.32. The smallest absolute Gasteiger partial charge is 0.249 e. The summed E-state index contributed by atoms with van der Waals surface area (Å²) in [5, 5.41) is 23.7. The van der Waals surface area contributed by atoms with Crippen LogP contribution in [-0.2, 0) is 9.59 Å². The lowest BCUT2D eigenvalue weighted by Gasteiger charge is -2.27. The molecule has 0 aromatic heterocycles. The number of carbonyl (C=O) groups is 2. The maximum absolute atomic E-state index is 11.5. The summed E-state index contributed by atoms with van der Waals surface area (Å²) in [6.45, 7) is 3.49. The molecule has 19 heavy (non-hydrogen) atoms. The third-order valence-electron chi connectivity index (χ3n) is 2.48. The predicted molar refractivity (Wildman–Crippen MR) is 81.7 cm³/mol. The summed E-state index contributed by atoms with van der Waals surface area (Å²) in [4.78, 5) is 22.7. The minimum Gasteiger partial charge on any atom is -0.396 e. The largest absolute Gasteiger partial charge is 0.396 e. The summed E-state index contributed by atoms with van der Waals surface area (Å²) in [6.07, 6.45) is -1.16. The Morgan fingerprint density at radius 3 is 2.32 bits per heavy atom. The summed E-state index contributed by atoms with van der Waals surface area (Å²) >= 11 is 3.95. The van der Waals surface area contributed by atoms with Gasteiger partial charge in [-0.3, -0.25) is 9.59 Å². The molecule has 6 nitrogen and oxygen atoms in total. The van der Waals surface area contributed by atoms with Gasteiger partial charge in [-0.05, 0) is 0 Å². The maximum Gasteiger partial charge on any atom is 0.249 e. The van der Waals surface area contributed by atoms with Crippen LogP contribution >= 0.6 is 26.1 Å². The highest BCUT2D eigenvalue weighted by molar-refractivity contribution is 7.80. The monoisotopic (exact) mass is 312 g/mol. The van der Waals surface area contributed by atoms with Crippen LogP contribution in [0.4, 0.5) is 0 Å². The molecule has 0 heterocycles. The number of hydrogen-bond donors (Lipinski definition) is 5. The SMILES string of the molecule is CC(C)(CO)C(O)C(=O)NCCC(=O)NCCS.S. The zero-order valence-corrected chi connectivity index (χ0v) is 13.2. The van der Waals surface area contributed by atoms with Gasteiger partial charge in [-0.1, -0.05) is 13.8 Å². The van der Waals surface area contributed by atoms with Crippen molar-refractivity contribution < 1.29 is 19.8 Å². The summed E-state index contributed by atoms with van der Waals surface area (Å²) in [7, 11) is 0. The van der Waals surface area contributed by atoms with E-state index in [4.69, 9.17) is 5.11 Å². The Balaban J connectivity index is 0. The van der Waals surface area contributed by atoms with E-state index in [1.807, 2.05) is 0 Å². The topological polar surface area (TPSA) is 98.7 Å². The standard InChI is InChI=1S/C11H22N2O4S.H2S/c1-11(2,7-14)9(16)10(17)13-4-3-8(15)12-5-6-18;/h9,14,16,18H,3-7H2,1-2H3,(H,12,15)(H,13,17);1H2. The van der Waals surface area contributed by atoms with Gasteiger partial charge in [0.05, 0.1) is 6.61 Å². The minimum absolute atomic E-state index is 0. The molecule has 0 saturated heterocycles. The number of aliphatic hydroxyl groups is 2. The first-order valence-electron chi connectivity index (χ1n) is 5.79. The maximum atomic E-state index is 11.5. The number of thiol groups is 1. The quantitative estimate of drug-likeness (QED) is 0.373. The van der Waals surface area contributed by atoms with Gasteiger partial charge >= 0.3 is 0 Å². The average molecular weight is 312 g/mol. The molecule has 1 atom stereocenters. The van der Waals surface area contributed by atoms with Gasteiger partial charge in [-0.25, -0.2) is 0 Å². The van der Waals surface area contributed by atoms with Gasteiger partial charge in [-0.15, -0.1) is 0 Å². The minimum atomic E-state index is -1.30. The normalized spacial score (nSPS) is 12.3. The predicted octanol–water partition coefficient (Wildman–Crippen LogP) is -0.969. The average Bonchev–Trinajstić information content (AvgIpc) is 2.35. The van der Waals surface area contributed by atoms with Crippen molar-refractivity contribution in [1.82, 2.24) is 10.6 Å². The van der Waals surface area contributed by atoms with Crippen molar-refractivity contribution in [2.75, 3.05) is 25.4 Å². The van der Waals surface area contributed by atoms with Crippen molar-refractivity contribution in [1.29, 1.82) is 0 Å². The van der Waals surface area contributed by atoms with Crippen molar-refractivity contribution in [3.63, 3.8) is 0 Å². The van der Waals surface area contributed by atoms with Crippen LogP contribution in [0.25, 0.3) is 0 Å². The van der Waals surface area contributed by atoms with E-state index in [2.05, 4.69) is 23.3 Å². The first kappa shape index (κ1) is 20.9. The van der Waals surface area contributed by atoms with E-state index in [-0.39, 0.29) is 39.0 Å². The van der Waals surface area contributed by atoms with E-state index in [0.717, 1.165) is 0 Å². The van der Waals surface area contributed by atoms with E-state index in [9.17, 15) is 14.7 Å². The molecule has 0 fully saturated rings. The van der Waals surface area contributed by atoms with Crippen LogP contribution in [0.2, 0.25) is 0 Å².